The smallest absolute Gasteiger partial charge is 0.272 e. The number of hydrogen-bond donors (Lipinski definition) is 1. The Hall–Kier alpha value is -1.85. The van der Waals surface area contributed by atoms with E-state index in [9.17, 15) is 4.79 Å². The highest BCUT2D eigenvalue weighted by Gasteiger charge is 2.35. The lowest BCUT2D eigenvalue weighted by Crippen LogP contribution is -2.48. The van der Waals surface area contributed by atoms with E-state index in [1.807, 2.05) is 31.2 Å². The first-order valence-electron chi connectivity index (χ1n) is 7.76. The Kier molecular flexibility index (Phi) is 4.41. The van der Waals surface area contributed by atoms with Gasteiger partial charge in [0.25, 0.3) is 5.91 Å². The molecule has 1 fully saturated rings. The molecule has 6 heteroatoms. The molecule has 1 saturated heterocycles. The molecular formula is C17H20ClN3O2. The van der Waals surface area contributed by atoms with Crippen molar-refractivity contribution < 1.29 is 9.53 Å². The van der Waals surface area contributed by atoms with Gasteiger partial charge in [0.2, 0.25) is 0 Å². The van der Waals surface area contributed by atoms with Gasteiger partial charge in [-0.1, -0.05) is 24.6 Å². The minimum Gasteiger partial charge on any atom is -0.379 e. The summed E-state index contributed by atoms with van der Waals surface area (Å²) < 4.78 is 7.17. The van der Waals surface area contributed by atoms with E-state index < -0.39 is 0 Å². The molecular weight excluding hydrogens is 314 g/mol. The Morgan fingerprint density at radius 2 is 2.30 bits per heavy atom. The third-order valence-corrected chi connectivity index (χ3v) is 4.57. The maximum atomic E-state index is 12.6. The first kappa shape index (κ1) is 16.0. The van der Waals surface area contributed by atoms with Gasteiger partial charge >= 0.3 is 0 Å². The Bertz CT molecular complexity index is 720. The fourth-order valence-corrected chi connectivity index (χ4v) is 3.02. The first-order valence-corrected chi connectivity index (χ1v) is 8.14. The molecule has 1 amide bonds. The fourth-order valence-electron chi connectivity index (χ4n) is 2.83. The third kappa shape index (κ3) is 3.26. The van der Waals surface area contributed by atoms with Crippen LogP contribution >= 0.6 is 11.6 Å². The van der Waals surface area contributed by atoms with Gasteiger partial charge in [0.05, 0.1) is 17.8 Å². The molecule has 5 nitrogen and oxygen atoms in total. The number of ether oxygens (including phenoxy) is 1. The molecule has 1 aromatic carbocycles. The maximum Gasteiger partial charge on any atom is 0.272 e. The monoisotopic (exact) mass is 333 g/mol. The molecule has 1 aliphatic rings. The molecule has 0 saturated carbocycles. The van der Waals surface area contributed by atoms with Crippen LogP contribution in [0.3, 0.4) is 0 Å². The minimum absolute atomic E-state index is 0.166. The van der Waals surface area contributed by atoms with Crippen LogP contribution in [0, 0.1) is 6.92 Å². The Morgan fingerprint density at radius 1 is 1.48 bits per heavy atom. The summed E-state index contributed by atoms with van der Waals surface area (Å²) in [5.74, 6) is -0.166. The van der Waals surface area contributed by atoms with E-state index in [0.717, 1.165) is 24.2 Å². The zero-order chi connectivity index (χ0) is 16.4. The van der Waals surface area contributed by atoms with Gasteiger partial charge in [-0.2, -0.15) is 5.10 Å². The van der Waals surface area contributed by atoms with E-state index in [0.29, 0.717) is 23.9 Å². The lowest BCUT2D eigenvalue weighted by atomic mass is 9.95. The van der Waals surface area contributed by atoms with E-state index in [-0.39, 0.29) is 11.4 Å². The van der Waals surface area contributed by atoms with Crippen LogP contribution in [0.4, 0.5) is 0 Å². The third-order valence-electron chi connectivity index (χ3n) is 4.33. The lowest BCUT2D eigenvalue weighted by molar-refractivity contribution is 0.0869. The summed E-state index contributed by atoms with van der Waals surface area (Å²) in [6.07, 6.45) is 1.68. The van der Waals surface area contributed by atoms with Crippen LogP contribution in [0.2, 0.25) is 5.02 Å². The highest BCUT2D eigenvalue weighted by atomic mass is 35.5. The molecule has 2 heterocycles. The molecule has 0 spiro atoms. The van der Waals surface area contributed by atoms with Crippen LogP contribution < -0.4 is 5.32 Å². The molecule has 1 aliphatic heterocycles. The number of nitrogens with zero attached hydrogens (tertiary/aromatic N) is 2. The Labute approximate surface area is 140 Å². The number of amides is 1. The average molecular weight is 334 g/mol. The van der Waals surface area contributed by atoms with Gasteiger partial charge in [-0.3, -0.25) is 4.79 Å². The average Bonchev–Trinajstić information content (AvgIpc) is 3.14. The number of aryl methyl sites for hydroxylation is 1. The van der Waals surface area contributed by atoms with Crippen LogP contribution in [0.15, 0.2) is 30.3 Å². The van der Waals surface area contributed by atoms with Gasteiger partial charge in [0, 0.05) is 17.3 Å². The number of nitrogens with one attached hydrogen (secondary N) is 1. The first-order chi connectivity index (χ1) is 11.0. The van der Waals surface area contributed by atoms with Crippen molar-refractivity contribution in [1.82, 2.24) is 15.1 Å². The Morgan fingerprint density at radius 3 is 2.96 bits per heavy atom. The topological polar surface area (TPSA) is 56.2 Å². The lowest BCUT2D eigenvalue weighted by Gasteiger charge is -2.26. The molecule has 1 N–H and O–H groups in total. The molecule has 122 valence electrons. The molecule has 1 unspecified atom stereocenters. The van der Waals surface area contributed by atoms with Gasteiger partial charge in [0.15, 0.2) is 5.69 Å². The summed E-state index contributed by atoms with van der Waals surface area (Å²) >= 11 is 6.03. The summed E-state index contributed by atoms with van der Waals surface area (Å²) in [6, 6.07) is 9.19. The molecule has 1 aromatic heterocycles. The summed E-state index contributed by atoms with van der Waals surface area (Å²) in [5.41, 5.74) is 1.85. The van der Waals surface area contributed by atoms with Crippen LogP contribution in [-0.4, -0.2) is 34.4 Å². The maximum absolute atomic E-state index is 12.6. The van der Waals surface area contributed by atoms with Gasteiger partial charge in [-0.15, -0.1) is 0 Å². The SMILES string of the molecule is CCC1(NC(=O)c2cc(C)n(-c3cccc(Cl)c3)n2)CCOC1. The van der Waals surface area contributed by atoms with Crippen molar-refractivity contribution >= 4 is 17.5 Å². The number of carbonyl (C=O) groups excluding carboxylic acids is 1. The normalized spacial score (nSPS) is 20.7. The number of hydrogen-bond acceptors (Lipinski definition) is 3. The van der Waals surface area contributed by atoms with Gasteiger partial charge in [-0.05, 0) is 44.0 Å². The molecule has 0 radical (unpaired) electrons. The van der Waals surface area contributed by atoms with Crippen molar-refractivity contribution in [3.63, 3.8) is 0 Å². The van der Waals surface area contributed by atoms with Crippen molar-refractivity contribution in [1.29, 1.82) is 0 Å². The molecule has 3 rings (SSSR count). The molecule has 2 aromatic rings. The van der Waals surface area contributed by atoms with Crippen LogP contribution in [0.25, 0.3) is 5.69 Å². The van der Waals surface area contributed by atoms with Gasteiger partial charge < -0.3 is 10.1 Å². The van der Waals surface area contributed by atoms with Crippen molar-refractivity contribution in [3.05, 3.63) is 46.7 Å². The summed E-state index contributed by atoms with van der Waals surface area (Å²) in [5, 5.41) is 8.17. The highest BCUT2D eigenvalue weighted by Crippen LogP contribution is 2.23. The van der Waals surface area contributed by atoms with Crippen molar-refractivity contribution in [2.75, 3.05) is 13.2 Å². The summed E-state index contributed by atoms with van der Waals surface area (Å²) in [7, 11) is 0. The van der Waals surface area contributed by atoms with E-state index in [1.54, 1.807) is 10.7 Å². The van der Waals surface area contributed by atoms with Crippen LogP contribution in [0.1, 0.15) is 35.9 Å². The van der Waals surface area contributed by atoms with Crippen molar-refractivity contribution in [3.8, 4) is 5.69 Å². The largest absolute Gasteiger partial charge is 0.379 e. The molecule has 23 heavy (non-hydrogen) atoms. The molecule has 0 bridgehead atoms. The fraction of sp³-hybridized carbons (Fsp3) is 0.412. The number of rotatable bonds is 4. The second-order valence-electron chi connectivity index (χ2n) is 5.95. The van der Waals surface area contributed by atoms with Crippen LogP contribution in [0.5, 0.6) is 0 Å². The molecule has 0 aliphatic carbocycles. The van der Waals surface area contributed by atoms with Crippen molar-refractivity contribution in [2.45, 2.75) is 32.2 Å². The minimum atomic E-state index is -0.273. The summed E-state index contributed by atoms with van der Waals surface area (Å²) in [6.45, 7) is 5.22. The predicted molar refractivity (Wildman–Crippen MR) is 89.2 cm³/mol. The van der Waals surface area contributed by atoms with E-state index in [2.05, 4.69) is 17.3 Å². The highest BCUT2D eigenvalue weighted by molar-refractivity contribution is 6.30. The molecule has 1 atom stereocenters. The van der Waals surface area contributed by atoms with Crippen molar-refractivity contribution in [2.24, 2.45) is 0 Å². The van der Waals surface area contributed by atoms with E-state index in [1.165, 1.54) is 0 Å². The number of halogens is 1. The second-order valence-corrected chi connectivity index (χ2v) is 6.39. The van der Waals surface area contributed by atoms with E-state index >= 15 is 0 Å². The van der Waals surface area contributed by atoms with E-state index in [4.69, 9.17) is 16.3 Å². The standard InChI is InChI=1S/C17H20ClN3O2/c1-3-17(7-8-23-11-17)19-16(22)15-9-12(2)21(20-15)14-6-4-5-13(18)10-14/h4-6,9-10H,3,7-8,11H2,1-2H3,(H,19,22). The Balaban J connectivity index is 1.84. The van der Waals surface area contributed by atoms with Gasteiger partial charge in [0.1, 0.15) is 0 Å². The van der Waals surface area contributed by atoms with Gasteiger partial charge in [-0.25, -0.2) is 4.68 Å². The summed E-state index contributed by atoms with van der Waals surface area (Å²) in [4.78, 5) is 12.6. The van der Waals surface area contributed by atoms with Crippen LogP contribution in [-0.2, 0) is 4.74 Å². The number of carbonyl (C=O) groups is 1. The second kappa shape index (κ2) is 6.34. The number of aromatic nitrogens is 2. The number of benzene rings is 1. The predicted octanol–water partition coefficient (Wildman–Crippen LogP) is 3.13. The zero-order valence-electron chi connectivity index (χ0n) is 13.3. The zero-order valence-corrected chi connectivity index (χ0v) is 14.1. The quantitative estimate of drug-likeness (QED) is 0.935.